The van der Waals surface area contributed by atoms with Crippen LogP contribution in [0.2, 0.25) is 0 Å². The molecule has 0 aliphatic carbocycles. The molecule has 0 saturated heterocycles. The molecule has 0 unspecified atom stereocenters. The van der Waals surface area contributed by atoms with E-state index in [2.05, 4.69) is 20.6 Å². The highest BCUT2D eigenvalue weighted by Crippen LogP contribution is 2.17. The third-order valence-corrected chi connectivity index (χ3v) is 4.53. The summed E-state index contributed by atoms with van der Waals surface area (Å²) in [5.74, 6) is -0.996. The van der Waals surface area contributed by atoms with Crippen molar-refractivity contribution in [2.45, 2.75) is 19.9 Å². The summed E-state index contributed by atoms with van der Waals surface area (Å²) in [6.45, 7) is 2.34. The van der Waals surface area contributed by atoms with Gasteiger partial charge < -0.3 is 15.7 Å². The Kier molecular flexibility index (Phi) is 5.23. The second-order valence-corrected chi connectivity index (χ2v) is 6.18. The van der Waals surface area contributed by atoms with Gasteiger partial charge in [-0.3, -0.25) is 0 Å². The second kappa shape index (κ2) is 7.14. The number of urea groups is 1. The Morgan fingerprint density at radius 1 is 1.33 bits per heavy atom. The van der Waals surface area contributed by atoms with Crippen LogP contribution in [0.15, 0.2) is 11.6 Å². The van der Waals surface area contributed by atoms with Gasteiger partial charge in [0.1, 0.15) is 9.88 Å². The number of carboxylic acids is 1. The van der Waals surface area contributed by atoms with E-state index in [9.17, 15) is 9.59 Å². The van der Waals surface area contributed by atoms with Crippen molar-refractivity contribution in [2.75, 3.05) is 6.54 Å². The summed E-state index contributed by atoms with van der Waals surface area (Å²) in [7, 11) is 0. The number of hydrogen-bond donors (Lipinski definition) is 3. The van der Waals surface area contributed by atoms with Crippen LogP contribution in [0.4, 0.5) is 4.79 Å². The van der Waals surface area contributed by atoms with Gasteiger partial charge in [-0.15, -0.1) is 22.7 Å². The molecule has 21 heavy (non-hydrogen) atoms. The van der Waals surface area contributed by atoms with Gasteiger partial charge in [-0.05, 0) is 6.92 Å². The normalized spacial score (nSPS) is 10.3. The Balaban J connectivity index is 1.73. The highest BCUT2D eigenvalue weighted by molar-refractivity contribution is 7.13. The first-order valence-corrected chi connectivity index (χ1v) is 7.85. The predicted molar refractivity (Wildman–Crippen MR) is 79.9 cm³/mol. The van der Waals surface area contributed by atoms with E-state index in [0.29, 0.717) is 23.7 Å². The molecule has 0 radical (unpaired) electrons. The molecule has 2 aromatic rings. The maximum Gasteiger partial charge on any atom is 0.347 e. The van der Waals surface area contributed by atoms with E-state index < -0.39 is 5.97 Å². The van der Waals surface area contributed by atoms with Crippen LogP contribution in [0.1, 0.15) is 25.4 Å². The Morgan fingerprint density at radius 2 is 2.14 bits per heavy atom. The van der Waals surface area contributed by atoms with Crippen LogP contribution in [0.25, 0.3) is 0 Å². The van der Waals surface area contributed by atoms with E-state index in [0.717, 1.165) is 16.3 Å². The van der Waals surface area contributed by atoms with Gasteiger partial charge in [0, 0.05) is 24.5 Å². The minimum Gasteiger partial charge on any atom is -0.477 e. The van der Waals surface area contributed by atoms with Crippen LogP contribution in [0.5, 0.6) is 0 Å². The first-order chi connectivity index (χ1) is 10.1. The zero-order valence-corrected chi connectivity index (χ0v) is 12.9. The molecule has 0 bridgehead atoms. The fourth-order valence-electron chi connectivity index (χ4n) is 1.60. The van der Waals surface area contributed by atoms with Gasteiger partial charge in [-0.25, -0.2) is 19.6 Å². The van der Waals surface area contributed by atoms with Crippen LogP contribution < -0.4 is 10.6 Å². The molecule has 0 aromatic carbocycles. The summed E-state index contributed by atoms with van der Waals surface area (Å²) in [6, 6.07) is -0.309. The summed E-state index contributed by atoms with van der Waals surface area (Å²) in [5, 5.41) is 17.7. The molecule has 2 rings (SSSR count). The summed E-state index contributed by atoms with van der Waals surface area (Å²) in [6.07, 6.45) is 2.41. The molecule has 3 N–H and O–H groups in total. The van der Waals surface area contributed by atoms with Gasteiger partial charge in [-0.1, -0.05) is 0 Å². The molecule has 0 atom stereocenters. The van der Waals surface area contributed by atoms with Crippen molar-refractivity contribution in [2.24, 2.45) is 0 Å². The third-order valence-electron chi connectivity index (χ3n) is 2.54. The third kappa shape index (κ3) is 4.50. The predicted octanol–water partition coefficient (Wildman–Crippen LogP) is 1.65. The average molecular weight is 326 g/mol. The van der Waals surface area contributed by atoms with Gasteiger partial charge in [-0.2, -0.15) is 0 Å². The molecule has 9 heteroatoms. The second-order valence-electron chi connectivity index (χ2n) is 4.11. The van der Waals surface area contributed by atoms with E-state index in [1.165, 1.54) is 0 Å². The topological polar surface area (TPSA) is 104 Å². The van der Waals surface area contributed by atoms with Gasteiger partial charge in [0.05, 0.1) is 17.2 Å². The number of thiazole rings is 2. The lowest BCUT2D eigenvalue weighted by molar-refractivity contribution is 0.0701. The zero-order valence-electron chi connectivity index (χ0n) is 11.3. The summed E-state index contributed by atoms with van der Waals surface area (Å²) < 4.78 is 0. The van der Waals surface area contributed by atoms with Crippen molar-refractivity contribution >= 4 is 34.7 Å². The SMILES string of the molecule is Cc1nc(CNC(=O)NCCc2nccs2)sc1C(=O)O. The molecule has 2 aromatic heterocycles. The van der Waals surface area contributed by atoms with E-state index in [1.807, 2.05) is 5.38 Å². The number of aromatic nitrogens is 2. The van der Waals surface area contributed by atoms with E-state index >= 15 is 0 Å². The standard InChI is InChI=1S/C12H14N4O3S2/c1-7-10(11(17)18)21-9(16-7)6-15-12(19)14-3-2-8-13-4-5-20-8/h4-5H,2-3,6H2,1H3,(H,17,18)(H2,14,15,19). The Morgan fingerprint density at radius 3 is 2.76 bits per heavy atom. The lowest BCUT2D eigenvalue weighted by atomic mass is 10.4. The number of carboxylic acid groups (broad SMARTS) is 1. The Bertz CT molecular complexity index is 624. The number of carbonyl (C=O) groups excluding carboxylic acids is 1. The molecule has 112 valence electrons. The van der Waals surface area contributed by atoms with E-state index in [1.54, 1.807) is 24.5 Å². The highest BCUT2D eigenvalue weighted by atomic mass is 32.1. The molecule has 0 aliphatic rings. The molecular formula is C12H14N4O3S2. The van der Waals surface area contributed by atoms with Crippen molar-refractivity contribution < 1.29 is 14.7 Å². The number of rotatable bonds is 6. The number of hydrogen-bond acceptors (Lipinski definition) is 6. The maximum absolute atomic E-state index is 11.6. The summed E-state index contributed by atoms with van der Waals surface area (Å²) >= 11 is 2.62. The highest BCUT2D eigenvalue weighted by Gasteiger charge is 2.14. The number of nitrogens with zero attached hydrogens (tertiary/aromatic N) is 2. The van der Waals surface area contributed by atoms with E-state index in [4.69, 9.17) is 5.11 Å². The number of amides is 2. The first-order valence-electron chi connectivity index (χ1n) is 6.16. The minimum atomic E-state index is -0.996. The van der Waals surface area contributed by atoms with Crippen molar-refractivity contribution in [3.8, 4) is 0 Å². The molecule has 0 fully saturated rings. The lowest BCUT2D eigenvalue weighted by Crippen LogP contribution is -2.36. The van der Waals surface area contributed by atoms with Crippen molar-refractivity contribution in [1.82, 2.24) is 20.6 Å². The lowest BCUT2D eigenvalue weighted by Gasteiger charge is -2.05. The minimum absolute atomic E-state index is 0.205. The molecule has 2 amide bonds. The fraction of sp³-hybridized carbons (Fsp3) is 0.333. The van der Waals surface area contributed by atoms with Crippen molar-refractivity contribution in [1.29, 1.82) is 0 Å². The maximum atomic E-state index is 11.6. The van der Waals surface area contributed by atoms with Gasteiger partial charge in [0.2, 0.25) is 0 Å². The van der Waals surface area contributed by atoms with Gasteiger partial charge in [0.25, 0.3) is 0 Å². The number of aryl methyl sites for hydroxylation is 1. The number of aromatic carboxylic acids is 1. The first kappa shape index (κ1) is 15.4. The molecule has 0 saturated carbocycles. The molecule has 0 spiro atoms. The van der Waals surface area contributed by atoms with Crippen LogP contribution >= 0.6 is 22.7 Å². The van der Waals surface area contributed by atoms with Gasteiger partial charge in [0.15, 0.2) is 0 Å². The molecular weight excluding hydrogens is 312 g/mol. The van der Waals surface area contributed by atoms with Crippen molar-refractivity contribution in [3.63, 3.8) is 0 Å². The largest absolute Gasteiger partial charge is 0.477 e. The van der Waals surface area contributed by atoms with Crippen LogP contribution in [-0.4, -0.2) is 33.6 Å². The smallest absolute Gasteiger partial charge is 0.347 e. The number of nitrogens with one attached hydrogen (secondary N) is 2. The van der Waals surface area contributed by atoms with Crippen LogP contribution in [0.3, 0.4) is 0 Å². The Hall–Kier alpha value is -2.00. The summed E-state index contributed by atoms with van der Waals surface area (Å²) in [4.78, 5) is 30.9. The monoisotopic (exact) mass is 326 g/mol. The quantitative estimate of drug-likeness (QED) is 0.749. The van der Waals surface area contributed by atoms with Gasteiger partial charge >= 0.3 is 12.0 Å². The molecule has 7 nitrogen and oxygen atoms in total. The number of carbonyl (C=O) groups is 2. The fourth-order valence-corrected chi connectivity index (χ4v) is 3.07. The molecule has 0 aliphatic heterocycles. The molecule has 2 heterocycles. The van der Waals surface area contributed by atoms with Crippen LogP contribution in [0, 0.1) is 6.92 Å². The Labute approximate surface area is 129 Å². The summed E-state index contributed by atoms with van der Waals surface area (Å²) in [5.41, 5.74) is 0.466. The van der Waals surface area contributed by atoms with Crippen LogP contribution in [-0.2, 0) is 13.0 Å². The zero-order chi connectivity index (χ0) is 15.2. The van der Waals surface area contributed by atoms with E-state index in [-0.39, 0.29) is 17.5 Å². The van der Waals surface area contributed by atoms with Crippen molar-refractivity contribution in [3.05, 3.63) is 32.2 Å². The average Bonchev–Trinajstić information content (AvgIpc) is 3.06.